The minimum atomic E-state index is -0.289. The molecule has 0 radical (unpaired) electrons. The molecule has 1 fully saturated rings. The van der Waals surface area contributed by atoms with E-state index in [0.717, 1.165) is 19.5 Å². The maximum Gasteiger partial charge on any atom is 0.123 e. The molecule has 0 bridgehead atoms. The lowest BCUT2D eigenvalue weighted by molar-refractivity contribution is 0.228. The molecular formula is C14H20FNO. The van der Waals surface area contributed by atoms with Gasteiger partial charge in [-0.05, 0) is 43.5 Å². The number of nitrogens with zero attached hydrogens (tertiary/aromatic N) is 1. The van der Waals surface area contributed by atoms with Crippen molar-refractivity contribution < 1.29 is 9.50 Å². The van der Waals surface area contributed by atoms with Crippen molar-refractivity contribution in [2.75, 3.05) is 13.1 Å². The van der Waals surface area contributed by atoms with E-state index < -0.39 is 0 Å². The van der Waals surface area contributed by atoms with E-state index in [2.05, 4.69) is 18.7 Å². The molecule has 0 aromatic heterocycles. The summed E-state index contributed by atoms with van der Waals surface area (Å²) in [6.07, 6.45) is 1.15. The van der Waals surface area contributed by atoms with Gasteiger partial charge in [-0.1, -0.05) is 13.8 Å². The Morgan fingerprint density at radius 1 is 1.41 bits per heavy atom. The zero-order valence-corrected chi connectivity index (χ0v) is 10.7. The van der Waals surface area contributed by atoms with Crippen molar-refractivity contribution in [3.63, 3.8) is 0 Å². The van der Waals surface area contributed by atoms with E-state index in [0.29, 0.717) is 11.0 Å². The van der Waals surface area contributed by atoms with E-state index in [4.69, 9.17) is 0 Å². The van der Waals surface area contributed by atoms with Gasteiger partial charge in [0, 0.05) is 18.2 Å². The van der Waals surface area contributed by atoms with Gasteiger partial charge in [-0.2, -0.15) is 0 Å². The molecular weight excluding hydrogens is 217 g/mol. The predicted octanol–water partition coefficient (Wildman–Crippen LogP) is 3.32. The van der Waals surface area contributed by atoms with Crippen LogP contribution in [0.25, 0.3) is 0 Å². The summed E-state index contributed by atoms with van der Waals surface area (Å²) in [7, 11) is 0. The molecule has 0 saturated carbocycles. The van der Waals surface area contributed by atoms with Crippen molar-refractivity contribution in [1.82, 2.24) is 4.90 Å². The van der Waals surface area contributed by atoms with Gasteiger partial charge in [-0.25, -0.2) is 4.39 Å². The summed E-state index contributed by atoms with van der Waals surface area (Å²) in [5.41, 5.74) is 1.000. The molecule has 1 aromatic rings. The monoisotopic (exact) mass is 237 g/mol. The van der Waals surface area contributed by atoms with Crippen LogP contribution in [-0.4, -0.2) is 23.1 Å². The topological polar surface area (TPSA) is 23.5 Å². The normalized spacial score (nSPS) is 21.6. The van der Waals surface area contributed by atoms with Gasteiger partial charge < -0.3 is 5.11 Å². The summed E-state index contributed by atoms with van der Waals surface area (Å²) in [6, 6.07) is 4.22. The van der Waals surface area contributed by atoms with E-state index in [1.165, 1.54) is 18.2 Å². The average Bonchev–Trinajstić information content (AvgIpc) is 2.61. The van der Waals surface area contributed by atoms with E-state index in [1.807, 2.05) is 6.92 Å². The van der Waals surface area contributed by atoms with Crippen LogP contribution in [0.5, 0.6) is 5.75 Å². The van der Waals surface area contributed by atoms with E-state index in [1.54, 1.807) is 0 Å². The van der Waals surface area contributed by atoms with Gasteiger partial charge >= 0.3 is 0 Å². The third-order valence-corrected chi connectivity index (χ3v) is 3.69. The molecule has 0 spiro atoms. The number of hydrogen-bond acceptors (Lipinski definition) is 2. The highest BCUT2D eigenvalue weighted by Crippen LogP contribution is 2.37. The number of rotatable bonds is 2. The lowest BCUT2D eigenvalue weighted by Crippen LogP contribution is -2.26. The molecule has 0 aliphatic carbocycles. The van der Waals surface area contributed by atoms with Crippen LogP contribution in [0.2, 0.25) is 0 Å². The number of likely N-dealkylation sites (tertiary alicyclic amines) is 1. The van der Waals surface area contributed by atoms with E-state index in [9.17, 15) is 9.50 Å². The van der Waals surface area contributed by atoms with Gasteiger partial charge in [-0.3, -0.25) is 4.90 Å². The number of halogens is 1. The molecule has 1 aromatic carbocycles. The SMILES string of the molecule is CC(c1cc(F)ccc1O)N1CCC(C)(C)C1. The minimum Gasteiger partial charge on any atom is -0.508 e. The first-order valence-electron chi connectivity index (χ1n) is 6.11. The fourth-order valence-corrected chi connectivity index (χ4v) is 2.54. The molecule has 94 valence electrons. The van der Waals surface area contributed by atoms with Crippen molar-refractivity contribution >= 4 is 0 Å². The zero-order chi connectivity index (χ0) is 12.6. The number of phenols is 1. The Morgan fingerprint density at radius 3 is 2.71 bits per heavy atom. The first-order valence-corrected chi connectivity index (χ1v) is 6.11. The van der Waals surface area contributed by atoms with Crippen LogP contribution in [0.3, 0.4) is 0 Å². The molecule has 1 aliphatic heterocycles. The highest BCUT2D eigenvalue weighted by atomic mass is 19.1. The second-order valence-electron chi connectivity index (χ2n) is 5.76. The summed E-state index contributed by atoms with van der Waals surface area (Å²) >= 11 is 0. The van der Waals surface area contributed by atoms with Gasteiger partial charge in [0.2, 0.25) is 0 Å². The summed E-state index contributed by atoms with van der Waals surface area (Å²) < 4.78 is 13.2. The van der Waals surface area contributed by atoms with Crippen LogP contribution in [0.15, 0.2) is 18.2 Å². The Kier molecular flexibility index (Phi) is 3.13. The van der Waals surface area contributed by atoms with Crippen molar-refractivity contribution in [2.24, 2.45) is 5.41 Å². The Morgan fingerprint density at radius 2 is 2.12 bits per heavy atom. The van der Waals surface area contributed by atoms with Crippen LogP contribution >= 0.6 is 0 Å². The molecule has 2 rings (SSSR count). The number of aromatic hydroxyl groups is 1. The van der Waals surface area contributed by atoms with Gasteiger partial charge in [0.05, 0.1) is 0 Å². The summed E-state index contributed by atoms with van der Waals surface area (Å²) in [6.45, 7) is 8.50. The Labute approximate surface area is 102 Å². The third-order valence-electron chi connectivity index (χ3n) is 3.69. The molecule has 1 N–H and O–H groups in total. The van der Waals surface area contributed by atoms with Gasteiger partial charge in [-0.15, -0.1) is 0 Å². The maximum absolute atomic E-state index is 13.2. The summed E-state index contributed by atoms with van der Waals surface area (Å²) in [4.78, 5) is 2.30. The Hall–Kier alpha value is -1.09. The molecule has 1 saturated heterocycles. The van der Waals surface area contributed by atoms with Gasteiger partial charge in [0.25, 0.3) is 0 Å². The molecule has 0 amide bonds. The van der Waals surface area contributed by atoms with Crippen LogP contribution in [0.4, 0.5) is 4.39 Å². The van der Waals surface area contributed by atoms with E-state index >= 15 is 0 Å². The van der Waals surface area contributed by atoms with Crippen LogP contribution in [0.1, 0.15) is 38.8 Å². The highest BCUT2D eigenvalue weighted by molar-refractivity contribution is 5.35. The smallest absolute Gasteiger partial charge is 0.123 e. The highest BCUT2D eigenvalue weighted by Gasteiger charge is 2.32. The lowest BCUT2D eigenvalue weighted by Gasteiger charge is -2.27. The van der Waals surface area contributed by atoms with Gasteiger partial charge in [0.1, 0.15) is 11.6 Å². The first-order chi connectivity index (χ1) is 7.89. The number of hydrogen-bond donors (Lipinski definition) is 1. The zero-order valence-electron chi connectivity index (χ0n) is 10.7. The Balaban J connectivity index is 2.20. The number of phenolic OH excluding ortho intramolecular Hbond substituents is 1. The van der Waals surface area contributed by atoms with Gasteiger partial charge in [0.15, 0.2) is 0 Å². The van der Waals surface area contributed by atoms with Crippen molar-refractivity contribution in [3.8, 4) is 5.75 Å². The maximum atomic E-state index is 13.2. The first kappa shape index (κ1) is 12.4. The molecule has 1 unspecified atom stereocenters. The van der Waals surface area contributed by atoms with Crippen LogP contribution < -0.4 is 0 Å². The number of benzene rings is 1. The predicted molar refractivity (Wildman–Crippen MR) is 66.5 cm³/mol. The fourth-order valence-electron chi connectivity index (χ4n) is 2.54. The molecule has 3 heteroatoms. The summed E-state index contributed by atoms with van der Waals surface area (Å²) in [5.74, 6) is -0.105. The quantitative estimate of drug-likeness (QED) is 0.853. The molecule has 2 nitrogen and oxygen atoms in total. The third kappa shape index (κ3) is 2.60. The molecule has 1 atom stereocenters. The second kappa shape index (κ2) is 4.30. The molecule has 17 heavy (non-hydrogen) atoms. The Bertz CT molecular complexity index is 417. The van der Waals surface area contributed by atoms with Crippen molar-refractivity contribution in [2.45, 2.75) is 33.2 Å². The van der Waals surface area contributed by atoms with Crippen LogP contribution in [0, 0.1) is 11.2 Å². The van der Waals surface area contributed by atoms with E-state index in [-0.39, 0.29) is 17.6 Å². The largest absolute Gasteiger partial charge is 0.508 e. The second-order valence-corrected chi connectivity index (χ2v) is 5.76. The summed E-state index contributed by atoms with van der Waals surface area (Å²) in [5, 5.41) is 9.80. The average molecular weight is 237 g/mol. The van der Waals surface area contributed by atoms with Crippen molar-refractivity contribution in [3.05, 3.63) is 29.6 Å². The standard InChI is InChI=1S/C14H20FNO/c1-10(16-7-6-14(2,3)9-16)12-8-11(15)4-5-13(12)17/h4-5,8,10,17H,6-7,9H2,1-3H3. The van der Waals surface area contributed by atoms with Crippen molar-refractivity contribution in [1.29, 1.82) is 0 Å². The molecule has 1 aliphatic rings. The molecule has 1 heterocycles. The lowest BCUT2D eigenvalue weighted by atomic mass is 9.93. The minimum absolute atomic E-state index is 0.0625. The van der Waals surface area contributed by atoms with Crippen LogP contribution in [-0.2, 0) is 0 Å². The fraction of sp³-hybridized carbons (Fsp3) is 0.571.